The molecule has 3 rings (SSSR count). The van der Waals surface area contributed by atoms with Gasteiger partial charge in [-0.1, -0.05) is 12.1 Å². The van der Waals surface area contributed by atoms with Gasteiger partial charge in [-0.05, 0) is 60.7 Å². The van der Waals surface area contributed by atoms with Crippen LogP contribution in [0.4, 0.5) is 5.69 Å². The molecule has 0 atom stereocenters. The maximum absolute atomic E-state index is 11.1. The summed E-state index contributed by atoms with van der Waals surface area (Å²) in [5.41, 5.74) is 4.54. The van der Waals surface area contributed by atoms with Crippen LogP contribution in [0.25, 0.3) is 0 Å². The summed E-state index contributed by atoms with van der Waals surface area (Å²) in [7, 11) is 3.34. The van der Waals surface area contributed by atoms with E-state index in [1.807, 2.05) is 24.3 Å². The predicted octanol–water partition coefficient (Wildman–Crippen LogP) is 3.85. The Morgan fingerprint density at radius 3 is 2.34 bits per heavy atom. The Bertz CT molecular complexity index is 932. The zero-order valence-electron chi connectivity index (χ0n) is 19.2. The summed E-state index contributed by atoms with van der Waals surface area (Å²) in [6, 6.07) is 12.1. The van der Waals surface area contributed by atoms with E-state index in [-0.39, 0.29) is 29.9 Å². The van der Waals surface area contributed by atoms with Gasteiger partial charge in [0.25, 0.3) is 0 Å². The van der Waals surface area contributed by atoms with E-state index < -0.39 is 0 Å². The minimum absolute atomic E-state index is 0. The molecule has 0 spiro atoms. The van der Waals surface area contributed by atoms with Crippen molar-refractivity contribution >= 4 is 41.5 Å². The van der Waals surface area contributed by atoms with Gasteiger partial charge in [0.05, 0.1) is 14.2 Å². The second-order valence-electron chi connectivity index (χ2n) is 7.51. The molecule has 8 heteroatoms. The summed E-state index contributed by atoms with van der Waals surface area (Å²) < 4.78 is 10.9. The summed E-state index contributed by atoms with van der Waals surface area (Å²) in [5, 5.41) is 6.21. The second-order valence-corrected chi connectivity index (χ2v) is 7.51. The molecule has 1 amide bonds. The number of fused-ring (bicyclic) bond motifs is 1. The molecular weight excluding hydrogens is 519 g/mol. The van der Waals surface area contributed by atoms with E-state index in [1.54, 1.807) is 14.2 Å². The molecule has 0 aromatic heterocycles. The minimum atomic E-state index is -0.0631. The topological polar surface area (TPSA) is 75.2 Å². The Labute approximate surface area is 207 Å². The first-order chi connectivity index (χ1) is 15.0. The monoisotopic (exact) mass is 552 g/mol. The van der Waals surface area contributed by atoms with Crippen LogP contribution in [0.1, 0.15) is 30.5 Å². The summed E-state index contributed by atoms with van der Waals surface area (Å²) in [6.45, 7) is 6.79. The second kappa shape index (κ2) is 12.5. The van der Waals surface area contributed by atoms with Crippen LogP contribution in [-0.4, -0.2) is 50.6 Å². The number of hydrogen-bond donors (Lipinski definition) is 2. The van der Waals surface area contributed by atoms with Gasteiger partial charge in [0.1, 0.15) is 0 Å². The number of anilines is 1. The van der Waals surface area contributed by atoms with Crippen molar-refractivity contribution < 1.29 is 14.3 Å². The van der Waals surface area contributed by atoms with Gasteiger partial charge < -0.3 is 25.0 Å². The Morgan fingerprint density at radius 1 is 1.09 bits per heavy atom. The number of amides is 1. The van der Waals surface area contributed by atoms with E-state index in [0.717, 1.165) is 55.6 Å². The van der Waals surface area contributed by atoms with Crippen molar-refractivity contribution in [3.05, 3.63) is 53.1 Å². The molecule has 1 heterocycles. The van der Waals surface area contributed by atoms with Crippen molar-refractivity contribution in [2.24, 2.45) is 4.99 Å². The number of benzene rings is 2. The number of carbonyl (C=O) groups is 1. The van der Waals surface area contributed by atoms with Gasteiger partial charge in [0, 0.05) is 38.8 Å². The quantitative estimate of drug-likeness (QED) is 0.310. The Balaban J connectivity index is 0.00000363. The smallest absolute Gasteiger partial charge is 0.221 e. The Morgan fingerprint density at radius 2 is 1.75 bits per heavy atom. The molecule has 7 nitrogen and oxygen atoms in total. The van der Waals surface area contributed by atoms with Gasteiger partial charge in [-0.2, -0.15) is 0 Å². The molecule has 0 bridgehead atoms. The van der Waals surface area contributed by atoms with Crippen LogP contribution in [0.15, 0.2) is 41.4 Å². The summed E-state index contributed by atoms with van der Waals surface area (Å²) in [5.74, 6) is 2.40. The summed E-state index contributed by atoms with van der Waals surface area (Å²) >= 11 is 0. The average Bonchev–Trinajstić information content (AvgIpc) is 2.78. The molecule has 0 saturated carbocycles. The van der Waals surface area contributed by atoms with Crippen molar-refractivity contribution in [2.75, 3.05) is 39.2 Å². The summed E-state index contributed by atoms with van der Waals surface area (Å²) in [4.78, 5) is 18.3. The number of aliphatic imine (C=N–C) groups is 1. The first-order valence-electron chi connectivity index (χ1n) is 10.7. The number of rotatable bonds is 7. The van der Waals surface area contributed by atoms with Crippen LogP contribution in [0.5, 0.6) is 11.5 Å². The lowest BCUT2D eigenvalue weighted by Crippen LogP contribution is -2.44. The van der Waals surface area contributed by atoms with E-state index in [9.17, 15) is 4.79 Å². The molecule has 2 aromatic carbocycles. The number of nitrogens with one attached hydrogen (secondary N) is 2. The van der Waals surface area contributed by atoms with Gasteiger partial charge in [0.2, 0.25) is 5.91 Å². The maximum atomic E-state index is 11.1. The first kappa shape index (κ1) is 25.8. The fourth-order valence-corrected chi connectivity index (χ4v) is 3.74. The maximum Gasteiger partial charge on any atom is 0.221 e. The van der Waals surface area contributed by atoms with Crippen LogP contribution in [0, 0.1) is 0 Å². The SMILES string of the molecule is CCNC(=NCCc1ccc(NC(C)=O)cc1)N1CCc2cc(OC)c(OC)cc2C1.I. The summed E-state index contributed by atoms with van der Waals surface area (Å²) in [6.07, 6.45) is 1.77. The van der Waals surface area contributed by atoms with Gasteiger partial charge in [-0.15, -0.1) is 24.0 Å². The van der Waals surface area contributed by atoms with E-state index in [0.29, 0.717) is 6.54 Å². The zero-order valence-corrected chi connectivity index (χ0v) is 21.6. The van der Waals surface area contributed by atoms with Crippen LogP contribution in [0.2, 0.25) is 0 Å². The molecular formula is C24H33IN4O3. The fourth-order valence-electron chi connectivity index (χ4n) is 3.74. The third-order valence-electron chi connectivity index (χ3n) is 5.29. The van der Waals surface area contributed by atoms with Crippen molar-refractivity contribution in [1.82, 2.24) is 10.2 Å². The highest BCUT2D eigenvalue weighted by Gasteiger charge is 2.21. The minimum Gasteiger partial charge on any atom is -0.493 e. The van der Waals surface area contributed by atoms with Crippen molar-refractivity contribution in [2.45, 2.75) is 33.2 Å². The Hall–Kier alpha value is -2.49. The lowest BCUT2D eigenvalue weighted by molar-refractivity contribution is -0.114. The standard InChI is InChI=1S/C24H32N4O3.HI/c1-5-25-24(26-12-10-18-6-8-21(9-7-18)27-17(2)29)28-13-11-19-14-22(30-3)23(31-4)15-20(19)16-28;/h6-9,14-15H,5,10-13,16H2,1-4H3,(H,25,26)(H,27,29);1H. The van der Waals surface area contributed by atoms with Crippen molar-refractivity contribution in [3.63, 3.8) is 0 Å². The first-order valence-corrected chi connectivity index (χ1v) is 10.7. The van der Waals surface area contributed by atoms with Crippen LogP contribution >= 0.6 is 24.0 Å². The molecule has 0 fully saturated rings. The van der Waals surface area contributed by atoms with E-state index in [4.69, 9.17) is 14.5 Å². The Kier molecular flexibility index (Phi) is 10.1. The normalized spacial score (nSPS) is 13.0. The number of hydrogen-bond acceptors (Lipinski definition) is 4. The number of nitrogens with zero attached hydrogens (tertiary/aromatic N) is 2. The largest absolute Gasteiger partial charge is 0.493 e. The number of guanidine groups is 1. The highest BCUT2D eigenvalue weighted by Crippen LogP contribution is 2.33. The molecule has 0 saturated heterocycles. The number of methoxy groups -OCH3 is 2. The predicted molar refractivity (Wildman–Crippen MR) is 140 cm³/mol. The molecule has 1 aliphatic heterocycles. The molecule has 0 radical (unpaired) electrons. The highest BCUT2D eigenvalue weighted by molar-refractivity contribution is 14.0. The number of halogens is 1. The number of carbonyl (C=O) groups excluding carboxylic acids is 1. The van der Waals surface area contributed by atoms with Gasteiger partial charge in [-0.3, -0.25) is 9.79 Å². The lowest BCUT2D eigenvalue weighted by Gasteiger charge is -2.32. The van der Waals surface area contributed by atoms with E-state index >= 15 is 0 Å². The molecule has 174 valence electrons. The van der Waals surface area contributed by atoms with Gasteiger partial charge in [0.15, 0.2) is 17.5 Å². The molecule has 32 heavy (non-hydrogen) atoms. The molecule has 0 unspecified atom stereocenters. The van der Waals surface area contributed by atoms with Crippen molar-refractivity contribution in [1.29, 1.82) is 0 Å². The van der Waals surface area contributed by atoms with E-state index in [2.05, 4.69) is 34.6 Å². The molecule has 2 N–H and O–H groups in total. The third kappa shape index (κ3) is 6.75. The molecule has 2 aromatic rings. The third-order valence-corrected chi connectivity index (χ3v) is 5.29. The number of ether oxygens (including phenoxy) is 2. The fraction of sp³-hybridized carbons (Fsp3) is 0.417. The average molecular weight is 552 g/mol. The van der Waals surface area contributed by atoms with Crippen LogP contribution in [-0.2, 0) is 24.2 Å². The van der Waals surface area contributed by atoms with E-state index in [1.165, 1.54) is 23.6 Å². The highest BCUT2D eigenvalue weighted by atomic mass is 127. The molecule has 1 aliphatic rings. The lowest BCUT2D eigenvalue weighted by atomic mass is 9.99. The van der Waals surface area contributed by atoms with Crippen LogP contribution in [0.3, 0.4) is 0 Å². The van der Waals surface area contributed by atoms with Crippen molar-refractivity contribution in [3.8, 4) is 11.5 Å². The van der Waals surface area contributed by atoms with Gasteiger partial charge in [-0.25, -0.2) is 0 Å². The van der Waals surface area contributed by atoms with Crippen LogP contribution < -0.4 is 20.1 Å². The molecule has 0 aliphatic carbocycles. The van der Waals surface area contributed by atoms with Gasteiger partial charge >= 0.3 is 0 Å². The zero-order chi connectivity index (χ0) is 22.2.